The van der Waals surface area contributed by atoms with Gasteiger partial charge in [0.1, 0.15) is 0 Å². The van der Waals surface area contributed by atoms with E-state index in [2.05, 4.69) is 16.0 Å². The van der Waals surface area contributed by atoms with Gasteiger partial charge in [-0.25, -0.2) is 4.79 Å². The molecule has 116 valence electrons. The molecule has 21 heavy (non-hydrogen) atoms. The number of aryl methyl sites for hydroxylation is 1. The van der Waals surface area contributed by atoms with Gasteiger partial charge in [0, 0.05) is 39.4 Å². The highest BCUT2D eigenvalue weighted by atomic mass is 16.2. The van der Waals surface area contributed by atoms with E-state index >= 15 is 0 Å². The molecule has 0 bridgehead atoms. The standard InChI is InChI=1S/C15H24N4O2/c1-5-16-13-10-11(2)6-7-12(13)14(20)17-8-9-18-15(21)19(3)4/h6-7,10,16H,5,8-9H2,1-4H3,(H,17,20)(H,18,21). The summed E-state index contributed by atoms with van der Waals surface area (Å²) in [5.41, 5.74) is 2.54. The van der Waals surface area contributed by atoms with Crippen molar-refractivity contribution in [2.24, 2.45) is 0 Å². The van der Waals surface area contributed by atoms with Crippen molar-refractivity contribution in [2.45, 2.75) is 13.8 Å². The van der Waals surface area contributed by atoms with E-state index in [1.807, 2.05) is 26.0 Å². The molecule has 3 amide bonds. The summed E-state index contributed by atoms with van der Waals surface area (Å²) in [7, 11) is 3.34. The fourth-order valence-corrected chi connectivity index (χ4v) is 1.79. The first kappa shape index (κ1) is 16.8. The summed E-state index contributed by atoms with van der Waals surface area (Å²) >= 11 is 0. The van der Waals surface area contributed by atoms with Crippen molar-refractivity contribution in [1.29, 1.82) is 0 Å². The summed E-state index contributed by atoms with van der Waals surface area (Å²) in [6.45, 7) is 5.51. The van der Waals surface area contributed by atoms with Crippen molar-refractivity contribution in [3.8, 4) is 0 Å². The van der Waals surface area contributed by atoms with E-state index in [0.717, 1.165) is 17.8 Å². The number of urea groups is 1. The lowest BCUT2D eigenvalue weighted by atomic mass is 10.1. The maximum Gasteiger partial charge on any atom is 0.316 e. The molecule has 0 aliphatic heterocycles. The Morgan fingerprint density at radius 2 is 1.81 bits per heavy atom. The van der Waals surface area contributed by atoms with Gasteiger partial charge in [-0.15, -0.1) is 0 Å². The first-order chi connectivity index (χ1) is 9.95. The summed E-state index contributed by atoms with van der Waals surface area (Å²) in [4.78, 5) is 24.9. The van der Waals surface area contributed by atoms with Crippen LogP contribution in [-0.4, -0.2) is 50.6 Å². The van der Waals surface area contributed by atoms with Gasteiger partial charge in [0.25, 0.3) is 5.91 Å². The molecule has 6 nitrogen and oxygen atoms in total. The first-order valence-electron chi connectivity index (χ1n) is 7.03. The van der Waals surface area contributed by atoms with Crippen LogP contribution in [0, 0.1) is 6.92 Å². The highest BCUT2D eigenvalue weighted by molar-refractivity contribution is 5.99. The highest BCUT2D eigenvalue weighted by Crippen LogP contribution is 2.17. The normalized spacial score (nSPS) is 9.90. The first-order valence-corrected chi connectivity index (χ1v) is 7.03. The fourth-order valence-electron chi connectivity index (χ4n) is 1.79. The van der Waals surface area contributed by atoms with E-state index in [4.69, 9.17) is 0 Å². The molecule has 1 aromatic carbocycles. The minimum Gasteiger partial charge on any atom is -0.385 e. The summed E-state index contributed by atoms with van der Waals surface area (Å²) in [6.07, 6.45) is 0. The number of carbonyl (C=O) groups is 2. The molecule has 0 spiro atoms. The third kappa shape index (κ3) is 5.33. The zero-order chi connectivity index (χ0) is 15.8. The lowest BCUT2D eigenvalue weighted by molar-refractivity contribution is 0.0954. The maximum atomic E-state index is 12.2. The van der Waals surface area contributed by atoms with Gasteiger partial charge in [-0.1, -0.05) is 6.07 Å². The second-order valence-corrected chi connectivity index (χ2v) is 4.96. The minimum absolute atomic E-state index is 0.148. The number of benzene rings is 1. The molecule has 0 atom stereocenters. The lowest BCUT2D eigenvalue weighted by Gasteiger charge is -2.14. The second-order valence-electron chi connectivity index (χ2n) is 4.96. The molecule has 3 N–H and O–H groups in total. The number of rotatable bonds is 6. The Bertz CT molecular complexity index is 500. The largest absolute Gasteiger partial charge is 0.385 e. The molecular formula is C15H24N4O2. The number of nitrogens with zero attached hydrogens (tertiary/aromatic N) is 1. The van der Waals surface area contributed by atoms with Crippen molar-refractivity contribution >= 4 is 17.6 Å². The number of nitrogens with one attached hydrogen (secondary N) is 3. The monoisotopic (exact) mass is 292 g/mol. The third-order valence-electron chi connectivity index (χ3n) is 2.88. The average molecular weight is 292 g/mol. The van der Waals surface area contributed by atoms with Gasteiger partial charge in [-0.2, -0.15) is 0 Å². The van der Waals surface area contributed by atoms with Crippen LogP contribution in [0.2, 0.25) is 0 Å². The zero-order valence-electron chi connectivity index (χ0n) is 13.1. The van der Waals surface area contributed by atoms with Crippen LogP contribution in [0.3, 0.4) is 0 Å². The molecule has 1 rings (SSSR count). The van der Waals surface area contributed by atoms with Gasteiger partial charge in [-0.05, 0) is 31.5 Å². The minimum atomic E-state index is -0.173. The number of hydrogen-bond acceptors (Lipinski definition) is 3. The predicted octanol–water partition coefficient (Wildman–Crippen LogP) is 1.43. The Labute approximate surface area is 125 Å². The Morgan fingerprint density at radius 3 is 2.43 bits per heavy atom. The SMILES string of the molecule is CCNc1cc(C)ccc1C(=O)NCCNC(=O)N(C)C. The van der Waals surface area contributed by atoms with Gasteiger partial charge in [0.2, 0.25) is 0 Å². The smallest absolute Gasteiger partial charge is 0.316 e. The van der Waals surface area contributed by atoms with Crippen molar-refractivity contribution in [2.75, 3.05) is 39.0 Å². The molecule has 0 saturated carbocycles. The summed E-state index contributed by atoms with van der Waals surface area (Å²) in [6, 6.07) is 5.49. The predicted molar refractivity (Wildman–Crippen MR) is 84.8 cm³/mol. The Balaban J connectivity index is 2.54. The molecule has 6 heteroatoms. The van der Waals surface area contributed by atoms with Crippen LogP contribution in [0.25, 0.3) is 0 Å². The number of amides is 3. The van der Waals surface area contributed by atoms with E-state index in [1.165, 1.54) is 4.90 Å². The molecule has 0 fully saturated rings. The van der Waals surface area contributed by atoms with Crippen molar-refractivity contribution in [3.63, 3.8) is 0 Å². The molecule has 1 aromatic rings. The van der Waals surface area contributed by atoms with E-state index in [9.17, 15) is 9.59 Å². The Kier molecular flexibility index (Phi) is 6.52. The van der Waals surface area contributed by atoms with Crippen LogP contribution in [0.1, 0.15) is 22.8 Å². The molecular weight excluding hydrogens is 268 g/mol. The van der Waals surface area contributed by atoms with Gasteiger partial charge >= 0.3 is 6.03 Å². The Morgan fingerprint density at radius 1 is 1.14 bits per heavy atom. The van der Waals surface area contributed by atoms with Crippen molar-refractivity contribution in [1.82, 2.24) is 15.5 Å². The van der Waals surface area contributed by atoms with Gasteiger partial charge in [0.15, 0.2) is 0 Å². The van der Waals surface area contributed by atoms with Crippen LogP contribution in [-0.2, 0) is 0 Å². The fraction of sp³-hybridized carbons (Fsp3) is 0.467. The van der Waals surface area contributed by atoms with Crippen LogP contribution in [0.5, 0.6) is 0 Å². The van der Waals surface area contributed by atoms with Gasteiger partial charge in [0.05, 0.1) is 5.56 Å². The Hall–Kier alpha value is -2.24. The molecule has 0 aliphatic rings. The zero-order valence-corrected chi connectivity index (χ0v) is 13.1. The van der Waals surface area contributed by atoms with Gasteiger partial charge < -0.3 is 20.9 Å². The van der Waals surface area contributed by atoms with Crippen molar-refractivity contribution < 1.29 is 9.59 Å². The second kappa shape index (κ2) is 8.14. The highest BCUT2D eigenvalue weighted by Gasteiger charge is 2.11. The van der Waals surface area contributed by atoms with Crippen LogP contribution in [0.15, 0.2) is 18.2 Å². The summed E-state index contributed by atoms with van der Waals surface area (Å²) in [5, 5.41) is 8.68. The van der Waals surface area contributed by atoms with Crippen LogP contribution in [0.4, 0.5) is 10.5 Å². The van der Waals surface area contributed by atoms with Crippen LogP contribution < -0.4 is 16.0 Å². The lowest BCUT2D eigenvalue weighted by Crippen LogP contribution is -2.39. The molecule has 0 heterocycles. The topological polar surface area (TPSA) is 73.5 Å². The van der Waals surface area contributed by atoms with Crippen LogP contribution >= 0.6 is 0 Å². The molecule has 0 unspecified atom stereocenters. The van der Waals surface area contributed by atoms with E-state index in [1.54, 1.807) is 20.2 Å². The number of anilines is 1. The average Bonchev–Trinajstić information content (AvgIpc) is 2.43. The van der Waals surface area contributed by atoms with Gasteiger partial charge in [-0.3, -0.25) is 4.79 Å². The summed E-state index contributed by atoms with van der Waals surface area (Å²) in [5.74, 6) is -0.148. The number of hydrogen-bond donors (Lipinski definition) is 3. The van der Waals surface area contributed by atoms with Crippen molar-refractivity contribution in [3.05, 3.63) is 29.3 Å². The molecule has 0 radical (unpaired) electrons. The summed E-state index contributed by atoms with van der Waals surface area (Å²) < 4.78 is 0. The molecule has 0 aliphatic carbocycles. The van der Waals surface area contributed by atoms with E-state index < -0.39 is 0 Å². The third-order valence-corrected chi connectivity index (χ3v) is 2.88. The number of carbonyl (C=O) groups excluding carboxylic acids is 2. The maximum absolute atomic E-state index is 12.2. The van der Waals surface area contributed by atoms with E-state index in [-0.39, 0.29) is 11.9 Å². The quantitative estimate of drug-likeness (QED) is 0.694. The molecule has 0 aromatic heterocycles. The van der Waals surface area contributed by atoms with E-state index in [0.29, 0.717) is 18.7 Å². The molecule has 0 saturated heterocycles.